The summed E-state index contributed by atoms with van der Waals surface area (Å²) in [4.78, 5) is 14.6. The lowest BCUT2D eigenvalue weighted by Crippen LogP contribution is -2.37. The van der Waals surface area contributed by atoms with Crippen LogP contribution >= 0.6 is 0 Å². The van der Waals surface area contributed by atoms with Gasteiger partial charge in [-0.15, -0.1) is 0 Å². The van der Waals surface area contributed by atoms with Crippen molar-refractivity contribution in [2.75, 3.05) is 13.1 Å². The average Bonchev–Trinajstić information content (AvgIpc) is 3.29. The fourth-order valence-electron chi connectivity index (χ4n) is 4.87. The van der Waals surface area contributed by atoms with Gasteiger partial charge in [-0.1, -0.05) is 68.5 Å². The molecule has 3 rings (SSSR count). The highest BCUT2D eigenvalue weighted by Crippen LogP contribution is 2.33. The van der Waals surface area contributed by atoms with Gasteiger partial charge in [-0.2, -0.15) is 0 Å². The molecule has 0 N–H and O–H groups in total. The normalized spacial score (nSPS) is 15.2. The van der Waals surface area contributed by atoms with Crippen molar-refractivity contribution in [2.45, 2.75) is 103 Å². The van der Waals surface area contributed by atoms with Gasteiger partial charge in [0.1, 0.15) is 5.82 Å². The zero-order valence-electron chi connectivity index (χ0n) is 21.5. The molecule has 1 aromatic carbocycles. The van der Waals surface area contributed by atoms with E-state index in [1.165, 1.54) is 57.1 Å². The number of halogens is 1. The molecule has 192 valence electrons. The summed E-state index contributed by atoms with van der Waals surface area (Å²) in [5.74, 6) is 0.233. The number of carbonyl (C=O) groups is 1. The van der Waals surface area contributed by atoms with E-state index in [1.807, 2.05) is 4.90 Å². The van der Waals surface area contributed by atoms with Crippen LogP contribution in [0.5, 0.6) is 0 Å². The van der Waals surface area contributed by atoms with E-state index in [0.717, 1.165) is 62.7 Å². The zero-order valence-corrected chi connectivity index (χ0v) is 21.5. The quantitative estimate of drug-likeness (QED) is 0.189. The van der Waals surface area contributed by atoms with Crippen molar-refractivity contribution in [3.63, 3.8) is 0 Å². The summed E-state index contributed by atoms with van der Waals surface area (Å²) in [5.41, 5.74) is 1.40. The highest BCUT2D eigenvalue weighted by Gasteiger charge is 2.27. The molecule has 5 heteroatoms. The maximum absolute atomic E-state index is 13.4. The predicted octanol–water partition coefficient (Wildman–Crippen LogP) is 8.49. The van der Waals surface area contributed by atoms with Crippen molar-refractivity contribution in [1.29, 1.82) is 0 Å². The van der Waals surface area contributed by atoms with E-state index in [9.17, 15) is 9.18 Å². The number of rotatable bonds is 15. The Morgan fingerprint density at radius 3 is 2.43 bits per heavy atom. The summed E-state index contributed by atoms with van der Waals surface area (Å²) in [7, 11) is 0. The van der Waals surface area contributed by atoms with Crippen LogP contribution in [0.4, 0.5) is 4.39 Å². The minimum absolute atomic E-state index is 0.265. The molecule has 1 fully saturated rings. The van der Waals surface area contributed by atoms with Crippen molar-refractivity contribution < 1.29 is 13.7 Å². The van der Waals surface area contributed by atoms with Crippen LogP contribution in [0.1, 0.15) is 108 Å². The number of fused-ring (bicyclic) bond motifs is 1. The Bertz CT molecular complexity index is 941. The second kappa shape index (κ2) is 15.5. The van der Waals surface area contributed by atoms with Gasteiger partial charge in [0.15, 0.2) is 5.58 Å². The van der Waals surface area contributed by atoms with Crippen LogP contribution in [0, 0.1) is 5.82 Å². The Hall–Kier alpha value is -2.43. The molecule has 0 aliphatic carbocycles. The second-order valence-electron chi connectivity index (χ2n) is 9.84. The van der Waals surface area contributed by atoms with E-state index in [2.05, 4.69) is 36.4 Å². The van der Waals surface area contributed by atoms with Crippen LogP contribution in [-0.2, 0) is 4.79 Å². The van der Waals surface area contributed by atoms with E-state index < -0.39 is 0 Å². The van der Waals surface area contributed by atoms with Gasteiger partial charge < -0.3 is 9.42 Å². The van der Waals surface area contributed by atoms with Crippen LogP contribution in [0.3, 0.4) is 0 Å². The second-order valence-corrected chi connectivity index (χ2v) is 9.84. The van der Waals surface area contributed by atoms with Crippen molar-refractivity contribution in [3.05, 3.63) is 54.0 Å². The Balaban J connectivity index is 1.20. The molecule has 4 nitrogen and oxygen atoms in total. The predicted molar refractivity (Wildman–Crippen MR) is 142 cm³/mol. The van der Waals surface area contributed by atoms with Gasteiger partial charge in [0, 0.05) is 36.9 Å². The molecule has 0 bridgehead atoms. The molecule has 2 aromatic rings. The molecule has 1 amide bonds. The lowest BCUT2D eigenvalue weighted by atomic mass is 9.91. The summed E-state index contributed by atoms with van der Waals surface area (Å²) in [6.45, 7) is 3.77. The average molecular weight is 483 g/mol. The molecule has 1 aromatic heterocycles. The number of likely N-dealkylation sites (tertiary alicyclic amines) is 1. The Kier molecular flexibility index (Phi) is 12.1. The molecular formula is C30H43FN2O2. The number of amides is 1. The van der Waals surface area contributed by atoms with Gasteiger partial charge in [-0.25, -0.2) is 4.39 Å². The number of benzene rings is 1. The number of piperidine rings is 1. The Morgan fingerprint density at radius 1 is 1.00 bits per heavy atom. The molecule has 0 spiro atoms. The first kappa shape index (κ1) is 27.2. The van der Waals surface area contributed by atoms with Gasteiger partial charge in [0.2, 0.25) is 5.91 Å². The number of unbranched alkanes of at least 4 members (excludes halogenated alkanes) is 8. The molecule has 0 radical (unpaired) electrons. The Labute approximate surface area is 210 Å². The molecule has 1 saturated heterocycles. The van der Waals surface area contributed by atoms with E-state index in [0.29, 0.717) is 12.0 Å². The summed E-state index contributed by atoms with van der Waals surface area (Å²) in [6.07, 6.45) is 24.8. The monoisotopic (exact) mass is 482 g/mol. The van der Waals surface area contributed by atoms with Crippen molar-refractivity contribution >= 4 is 16.9 Å². The molecular weight excluding hydrogens is 439 g/mol. The molecule has 1 aliphatic rings. The zero-order chi connectivity index (χ0) is 24.7. The van der Waals surface area contributed by atoms with Crippen LogP contribution < -0.4 is 0 Å². The number of nitrogens with zero attached hydrogens (tertiary/aromatic N) is 2. The molecule has 0 atom stereocenters. The molecule has 0 unspecified atom stereocenters. The number of aromatic nitrogens is 1. The van der Waals surface area contributed by atoms with Gasteiger partial charge in [0.05, 0.1) is 5.69 Å². The van der Waals surface area contributed by atoms with E-state index in [1.54, 1.807) is 6.07 Å². The molecule has 2 heterocycles. The van der Waals surface area contributed by atoms with E-state index in [4.69, 9.17) is 4.52 Å². The standard InChI is InChI=1S/C30H43FN2O2/c1-2-3-4-5-6-7-8-9-10-11-12-13-14-15-16-17-29(34)33-22-20-25(21-23-33)30-27-19-18-26(31)24-28(27)35-32-30/h6-7,9-10,18-19,24-25H,2-5,8,11-17,20-23H2,1H3/b7-6-,10-9-. The molecule has 0 saturated carbocycles. The lowest BCUT2D eigenvalue weighted by molar-refractivity contribution is -0.132. The number of hydrogen-bond acceptors (Lipinski definition) is 3. The van der Waals surface area contributed by atoms with E-state index in [-0.39, 0.29) is 17.6 Å². The summed E-state index contributed by atoms with van der Waals surface area (Å²) in [5, 5.41) is 5.09. The third kappa shape index (κ3) is 9.27. The first-order valence-corrected chi connectivity index (χ1v) is 13.8. The first-order valence-electron chi connectivity index (χ1n) is 13.8. The number of carbonyl (C=O) groups excluding carboxylic acids is 1. The SMILES string of the molecule is CCCCC/C=C\C/C=C\CCCCCCCC(=O)N1CCC(c2noc3cc(F)ccc23)CC1. The van der Waals surface area contributed by atoms with Gasteiger partial charge in [-0.3, -0.25) is 4.79 Å². The molecule has 35 heavy (non-hydrogen) atoms. The van der Waals surface area contributed by atoms with E-state index >= 15 is 0 Å². The van der Waals surface area contributed by atoms with Crippen LogP contribution in [0.2, 0.25) is 0 Å². The summed E-state index contributed by atoms with van der Waals surface area (Å²) in [6, 6.07) is 4.58. The number of allylic oxidation sites excluding steroid dienone is 4. The molecule has 1 aliphatic heterocycles. The maximum atomic E-state index is 13.4. The van der Waals surface area contributed by atoms with Crippen molar-refractivity contribution in [1.82, 2.24) is 10.1 Å². The first-order chi connectivity index (χ1) is 17.2. The summed E-state index contributed by atoms with van der Waals surface area (Å²) < 4.78 is 18.7. The largest absolute Gasteiger partial charge is 0.356 e. The minimum atomic E-state index is -0.311. The lowest BCUT2D eigenvalue weighted by Gasteiger charge is -2.31. The summed E-state index contributed by atoms with van der Waals surface area (Å²) >= 11 is 0. The maximum Gasteiger partial charge on any atom is 0.222 e. The highest BCUT2D eigenvalue weighted by molar-refractivity contribution is 5.80. The topological polar surface area (TPSA) is 46.3 Å². The minimum Gasteiger partial charge on any atom is -0.356 e. The van der Waals surface area contributed by atoms with Crippen LogP contribution in [0.25, 0.3) is 11.0 Å². The fourth-order valence-corrected chi connectivity index (χ4v) is 4.87. The third-order valence-electron chi connectivity index (χ3n) is 7.04. The highest BCUT2D eigenvalue weighted by atomic mass is 19.1. The van der Waals surface area contributed by atoms with Crippen LogP contribution in [-0.4, -0.2) is 29.1 Å². The van der Waals surface area contributed by atoms with Crippen LogP contribution in [0.15, 0.2) is 47.0 Å². The smallest absolute Gasteiger partial charge is 0.222 e. The third-order valence-corrected chi connectivity index (χ3v) is 7.04. The van der Waals surface area contributed by atoms with Crippen molar-refractivity contribution in [2.24, 2.45) is 0 Å². The van der Waals surface area contributed by atoms with Crippen molar-refractivity contribution in [3.8, 4) is 0 Å². The van der Waals surface area contributed by atoms with Gasteiger partial charge in [-0.05, 0) is 63.5 Å². The fraction of sp³-hybridized carbons (Fsp3) is 0.600. The Morgan fingerprint density at radius 2 is 1.69 bits per heavy atom. The van der Waals surface area contributed by atoms with Gasteiger partial charge in [0.25, 0.3) is 0 Å². The number of hydrogen-bond donors (Lipinski definition) is 0. The van der Waals surface area contributed by atoms with Gasteiger partial charge >= 0.3 is 0 Å².